The second-order valence-electron chi connectivity index (χ2n) is 9.92. The molecule has 2 heterocycles. The highest BCUT2D eigenvalue weighted by atomic mass is 16.8. The molecule has 3 rings (SSSR count). The summed E-state index contributed by atoms with van der Waals surface area (Å²) in [5, 5.41) is 0. The first-order chi connectivity index (χ1) is 18.4. The highest BCUT2D eigenvalue weighted by molar-refractivity contribution is 5.69. The van der Waals surface area contributed by atoms with Crippen molar-refractivity contribution in [2.75, 3.05) is 13.2 Å². The zero-order chi connectivity index (χ0) is 28.9. The molecule has 218 valence electrons. The topological polar surface area (TPSA) is 159 Å². The van der Waals surface area contributed by atoms with Gasteiger partial charge in [0.15, 0.2) is 18.3 Å². The first-order valence-electron chi connectivity index (χ1n) is 12.8. The van der Waals surface area contributed by atoms with E-state index in [-0.39, 0.29) is 31.0 Å². The quantitative estimate of drug-likeness (QED) is 0.298. The molecule has 13 nitrogen and oxygen atoms in total. The van der Waals surface area contributed by atoms with E-state index in [1.807, 2.05) is 6.92 Å². The van der Waals surface area contributed by atoms with Crippen LogP contribution in [0.5, 0.6) is 0 Å². The van der Waals surface area contributed by atoms with Crippen molar-refractivity contribution in [3.05, 3.63) is 11.8 Å². The van der Waals surface area contributed by atoms with Crippen molar-refractivity contribution in [3.63, 3.8) is 0 Å². The molecule has 2 aliphatic heterocycles. The van der Waals surface area contributed by atoms with Gasteiger partial charge in [-0.15, -0.1) is 0 Å². The molecule has 39 heavy (non-hydrogen) atoms. The number of rotatable bonds is 9. The Hall–Kier alpha value is -3.19. The van der Waals surface area contributed by atoms with Crippen LogP contribution >= 0.6 is 0 Å². The SMILES string of the molecule is CC(=O)OCC1=CO[C@@H](O[C@@H]2O[C@H](COC(C)=O)[C@@H](OC(C)=O)[C@H](OC(C)=O)[C@H]2OC(C)=O)[C@@H]2[C@H](C)CC[C@H]12. The smallest absolute Gasteiger partial charge is 0.303 e. The van der Waals surface area contributed by atoms with Crippen molar-refractivity contribution in [3.8, 4) is 0 Å². The number of hydrogen-bond acceptors (Lipinski definition) is 13. The lowest BCUT2D eigenvalue weighted by atomic mass is 9.83. The van der Waals surface area contributed by atoms with Crippen molar-refractivity contribution in [2.24, 2.45) is 17.8 Å². The van der Waals surface area contributed by atoms with E-state index in [0.29, 0.717) is 0 Å². The third-order valence-electron chi connectivity index (χ3n) is 6.86. The summed E-state index contributed by atoms with van der Waals surface area (Å²) >= 11 is 0. The van der Waals surface area contributed by atoms with Gasteiger partial charge in [-0.2, -0.15) is 0 Å². The van der Waals surface area contributed by atoms with Gasteiger partial charge < -0.3 is 37.9 Å². The van der Waals surface area contributed by atoms with Gasteiger partial charge in [-0.05, 0) is 24.7 Å². The number of carbonyl (C=O) groups excluding carboxylic acids is 5. The minimum atomic E-state index is -1.35. The van der Waals surface area contributed by atoms with Crippen LogP contribution < -0.4 is 0 Å². The Morgan fingerprint density at radius 1 is 0.769 bits per heavy atom. The molecule has 3 aliphatic rings. The molecular weight excluding hydrogens is 520 g/mol. The molecule has 0 aromatic heterocycles. The fourth-order valence-corrected chi connectivity index (χ4v) is 5.33. The molecule has 0 radical (unpaired) electrons. The number of ether oxygens (including phenoxy) is 8. The number of carbonyl (C=O) groups is 5. The summed E-state index contributed by atoms with van der Waals surface area (Å²) in [7, 11) is 0. The van der Waals surface area contributed by atoms with Crippen LogP contribution in [0.4, 0.5) is 0 Å². The molecule has 1 saturated heterocycles. The normalized spacial score (nSPS) is 33.5. The molecule has 0 N–H and O–H groups in total. The fraction of sp³-hybridized carbons (Fsp3) is 0.731. The lowest BCUT2D eigenvalue weighted by Gasteiger charge is -2.46. The highest BCUT2D eigenvalue weighted by Gasteiger charge is 2.55. The van der Waals surface area contributed by atoms with Crippen molar-refractivity contribution in [1.82, 2.24) is 0 Å². The number of fused-ring (bicyclic) bond motifs is 1. The second-order valence-corrected chi connectivity index (χ2v) is 9.92. The van der Waals surface area contributed by atoms with Gasteiger partial charge in [0, 0.05) is 46.1 Å². The molecule has 0 spiro atoms. The molecular formula is C26H36O13. The minimum absolute atomic E-state index is 0.00349. The predicted molar refractivity (Wildman–Crippen MR) is 128 cm³/mol. The van der Waals surface area contributed by atoms with Crippen LogP contribution in [-0.2, 0) is 61.9 Å². The first-order valence-corrected chi connectivity index (χ1v) is 12.8. The van der Waals surface area contributed by atoms with Gasteiger partial charge in [0.05, 0.1) is 6.26 Å². The van der Waals surface area contributed by atoms with E-state index in [0.717, 1.165) is 39.2 Å². The van der Waals surface area contributed by atoms with Gasteiger partial charge in [0.2, 0.25) is 12.6 Å². The van der Waals surface area contributed by atoms with Crippen LogP contribution in [0.25, 0.3) is 0 Å². The Bertz CT molecular complexity index is 975. The summed E-state index contributed by atoms with van der Waals surface area (Å²) in [6.07, 6.45) is -4.14. The highest BCUT2D eigenvalue weighted by Crippen LogP contribution is 2.47. The Balaban J connectivity index is 1.93. The zero-order valence-corrected chi connectivity index (χ0v) is 22.9. The lowest BCUT2D eigenvalue weighted by molar-refractivity contribution is -0.345. The van der Waals surface area contributed by atoms with Gasteiger partial charge in [-0.3, -0.25) is 24.0 Å². The van der Waals surface area contributed by atoms with Crippen molar-refractivity contribution < 1.29 is 61.9 Å². The fourth-order valence-electron chi connectivity index (χ4n) is 5.33. The molecule has 13 heteroatoms. The molecule has 9 atom stereocenters. The Morgan fingerprint density at radius 3 is 1.95 bits per heavy atom. The average Bonchev–Trinajstić information content (AvgIpc) is 3.22. The minimum Gasteiger partial charge on any atom is -0.472 e. The maximum atomic E-state index is 12.1. The largest absolute Gasteiger partial charge is 0.472 e. The number of hydrogen-bond donors (Lipinski definition) is 0. The standard InChI is InChI=1S/C26H36O13/c1-12-7-8-19-18(9-32-13(2)27)10-34-25(21(12)19)39-26-24(37-17(6)31)23(36-16(5)30)22(35-15(4)29)20(38-26)11-33-14(3)28/h10,12,19-26H,7-9,11H2,1-6H3/t12-,19-,20-,21-,22-,23+,24-,25+,26+/m1/s1. The van der Waals surface area contributed by atoms with Crippen LogP contribution in [0.2, 0.25) is 0 Å². The van der Waals surface area contributed by atoms with Crippen molar-refractivity contribution in [1.29, 1.82) is 0 Å². The van der Waals surface area contributed by atoms with Crippen molar-refractivity contribution in [2.45, 2.75) is 91.4 Å². The van der Waals surface area contributed by atoms with E-state index < -0.39 is 66.8 Å². The third-order valence-corrected chi connectivity index (χ3v) is 6.86. The van der Waals surface area contributed by atoms with Crippen LogP contribution in [0.3, 0.4) is 0 Å². The summed E-state index contributed by atoms with van der Waals surface area (Å²) < 4.78 is 44.9. The van der Waals surface area contributed by atoms with Crippen LogP contribution in [0.1, 0.15) is 54.4 Å². The molecule has 1 saturated carbocycles. The zero-order valence-electron chi connectivity index (χ0n) is 22.9. The summed E-state index contributed by atoms with van der Waals surface area (Å²) in [6.45, 7) is 7.75. The summed E-state index contributed by atoms with van der Waals surface area (Å²) in [5.41, 5.74) is 0.820. The Kier molecular flexibility index (Phi) is 10.3. The predicted octanol–water partition coefficient (Wildman–Crippen LogP) is 1.55. The maximum absolute atomic E-state index is 12.1. The Labute approximate surface area is 226 Å². The molecule has 2 fully saturated rings. The average molecular weight is 557 g/mol. The van der Waals surface area contributed by atoms with E-state index in [9.17, 15) is 24.0 Å². The third kappa shape index (κ3) is 7.91. The maximum Gasteiger partial charge on any atom is 0.303 e. The first kappa shape index (κ1) is 30.4. The van der Waals surface area contributed by atoms with E-state index in [1.165, 1.54) is 20.1 Å². The lowest BCUT2D eigenvalue weighted by Crippen LogP contribution is -2.63. The van der Waals surface area contributed by atoms with Gasteiger partial charge in [-0.1, -0.05) is 6.92 Å². The molecule has 0 unspecified atom stereocenters. The summed E-state index contributed by atoms with van der Waals surface area (Å²) in [4.78, 5) is 58.9. The summed E-state index contributed by atoms with van der Waals surface area (Å²) in [5.74, 6) is -3.21. The van der Waals surface area contributed by atoms with Crippen LogP contribution in [0, 0.1) is 17.8 Å². The molecule has 0 aromatic carbocycles. The van der Waals surface area contributed by atoms with Gasteiger partial charge in [-0.25, -0.2) is 0 Å². The van der Waals surface area contributed by atoms with Gasteiger partial charge >= 0.3 is 29.8 Å². The van der Waals surface area contributed by atoms with E-state index in [4.69, 9.17) is 37.9 Å². The van der Waals surface area contributed by atoms with E-state index >= 15 is 0 Å². The molecule has 0 aromatic rings. The summed E-state index contributed by atoms with van der Waals surface area (Å²) in [6, 6.07) is 0. The molecule has 1 aliphatic carbocycles. The molecule has 0 amide bonds. The molecule has 0 bridgehead atoms. The van der Waals surface area contributed by atoms with E-state index in [2.05, 4.69) is 0 Å². The monoisotopic (exact) mass is 556 g/mol. The second kappa shape index (κ2) is 13.2. The van der Waals surface area contributed by atoms with Gasteiger partial charge in [0.25, 0.3) is 0 Å². The van der Waals surface area contributed by atoms with Gasteiger partial charge in [0.1, 0.15) is 19.3 Å². The van der Waals surface area contributed by atoms with E-state index in [1.54, 1.807) is 0 Å². The number of esters is 5. The van der Waals surface area contributed by atoms with Crippen molar-refractivity contribution >= 4 is 29.8 Å². The van der Waals surface area contributed by atoms with Crippen LogP contribution in [0.15, 0.2) is 11.8 Å². The Morgan fingerprint density at radius 2 is 1.36 bits per heavy atom. The van der Waals surface area contributed by atoms with Crippen LogP contribution in [-0.4, -0.2) is 80.1 Å².